The Morgan fingerprint density at radius 1 is 1.38 bits per heavy atom. The monoisotopic (exact) mass is 344 g/mol. The van der Waals surface area contributed by atoms with Crippen LogP contribution in [0.5, 0.6) is 0 Å². The van der Waals surface area contributed by atoms with E-state index in [1.807, 2.05) is 0 Å². The quantitative estimate of drug-likeness (QED) is 0.863. The van der Waals surface area contributed by atoms with Gasteiger partial charge in [-0.2, -0.15) is 13.2 Å². The second kappa shape index (κ2) is 7.53. The van der Waals surface area contributed by atoms with Crippen LogP contribution in [0.2, 0.25) is 0 Å². The zero-order valence-corrected chi connectivity index (χ0v) is 13.8. The molecule has 1 aromatic rings. The Kier molecular flexibility index (Phi) is 5.87. The highest BCUT2D eigenvalue weighted by Crippen LogP contribution is 2.34. The Morgan fingerprint density at radius 2 is 2.04 bits per heavy atom. The number of alkyl halides is 3. The Hall–Kier alpha value is -1.60. The van der Waals surface area contributed by atoms with Crippen molar-refractivity contribution in [2.75, 3.05) is 18.9 Å². The van der Waals surface area contributed by atoms with E-state index in [1.165, 1.54) is 18.2 Å². The number of halogens is 3. The third-order valence-electron chi connectivity index (χ3n) is 4.67. The van der Waals surface area contributed by atoms with Crippen molar-refractivity contribution >= 4 is 11.6 Å². The van der Waals surface area contributed by atoms with Gasteiger partial charge in [0, 0.05) is 6.54 Å². The molecule has 0 heterocycles. The molecule has 3 unspecified atom stereocenters. The number of benzene rings is 1. The van der Waals surface area contributed by atoms with Gasteiger partial charge in [-0.05, 0) is 44.9 Å². The van der Waals surface area contributed by atoms with Gasteiger partial charge < -0.3 is 10.4 Å². The Bertz CT molecular complexity index is 577. The summed E-state index contributed by atoms with van der Waals surface area (Å²) in [6.07, 6.45) is -2.27. The number of anilines is 1. The van der Waals surface area contributed by atoms with Crippen LogP contribution in [0.4, 0.5) is 18.9 Å². The lowest BCUT2D eigenvalue weighted by Crippen LogP contribution is -2.43. The summed E-state index contributed by atoms with van der Waals surface area (Å²) in [5, 5.41) is 12.2. The van der Waals surface area contributed by atoms with E-state index in [-0.39, 0.29) is 17.7 Å². The number of carbonyl (C=O) groups excluding carboxylic acids is 1. The normalized spacial score (nSPS) is 22.6. The summed E-state index contributed by atoms with van der Waals surface area (Å²) in [6.45, 7) is 2.18. The molecule has 0 spiro atoms. The maximum atomic E-state index is 13.0. The number of hydrogen-bond donors (Lipinski definition) is 2. The van der Waals surface area contributed by atoms with Crippen molar-refractivity contribution in [1.82, 2.24) is 4.90 Å². The molecule has 7 heteroatoms. The predicted molar refractivity (Wildman–Crippen MR) is 85.5 cm³/mol. The lowest BCUT2D eigenvalue weighted by molar-refractivity contribution is -0.137. The van der Waals surface area contributed by atoms with Crippen LogP contribution in [-0.4, -0.2) is 41.7 Å². The van der Waals surface area contributed by atoms with Crippen molar-refractivity contribution in [1.29, 1.82) is 0 Å². The standard InChI is InChI=1S/C17H23F3N2O2/c1-11(22(2)10-12-6-5-9-15(12)23)16(24)21-14-8-4-3-7-13(14)17(18,19)20/h3-4,7-8,11-12,15,23H,5-6,9-10H2,1-2H3,(H,21,24). The van der Waals surface area contributed by atoms with Gasteiger partial charge in [-0.25, -0.2) is 0 Å². The maximum Gasteiger partial charge on any atom is 0.418 e. The van der Waals surface area contributed by atoms with Crippen molar-refractivity contribution in [3.63, 3.8) is 0 Å². The second-order valence-electron chi connectivity index (χ2n) is 6.41. The van der Waals surface area contributed by atoms with Crippen molar-refractivity contribution in [3.8, 4) is 0 Å². The highest BCUT2D eigenvalue weighted by molar-refractivity contribution is 5.95. The van der Waals surface area contributed by atoms with E-state index >= 15 is 0 Å². The second-order valence-corrected chi connectivity index (χ2v) is 6.41. The molecule has 1 aliphatic carbocycles. The first-order valence-electron chi connectivity index (χ1n) is 8.05. The van der Waals surface area contributed by atoms with Gasteiger partial charge in [0.15, 0.2) is 0 Å². The highest BCUT2D eigenvalue weighted by atomic mass is 19.4. The molecule has 2 rings (SSSR count). The lowest BCUT2D eigenvalue weighted by atomic mass is 10.0. The summed E-state index contributed by atoms with van der Waals surface area (Å²) in [4.78, 5) is 14.1. The first-order chi connectivity index (χ1) is 11.2. The van der Waals surface area contributed by atoms with Crippen LogP contribution in [-0.2, 0) is 11.0 Å². The average molecular weight is 344 g/mol. The molecule has 0 saturated heterocycles. The summed E-state index contributed by atoms with van der Waals surface area (Å²) >= 11 is 0. The van der Waals surface area contributed by atoms with Crippen molar-refractivity contribution in [2.24, 2.45) is 5.92 Å². The first kappa shape index (κ1) is 18.7. The van der Waals surface area contributed by atoms with Crippen LogP contribution in [0, 0.1) is 5.92 Å². The Labute approximate surface area is 139 Å². The van der Waals surface area contributed by atoms with Crippen LogP contribution < -0.4 is 5.32 Å². The molecule has 3 atom stereocenters. The number of amides is 1. The fourth-order valence-electron chi connectivity index (χ4n) is 3.03. The van der Waals surface area contributed by atoms with Crippen LogP contribution >= 0.6 is 0 Å². The third kappa shape index (κ3) is 4.48. The van der Waals surface area contributed by atoms with E-state index in [9.17, 15) is 23.1 Å². The fourth-order valence-corrected chi connectivity index (χ4v) is 3.03. The van der Waals surface area contributed by atoms with Gasteiger partial charge in [-0.3, -0.25) is 9.69 Å². The summed E-state index contributed by atoms with van der Waals surface area (Å²) in [7, 11) is 1.74. The molecule has 0 radical (unpaired) electrons. The number of nitrogens with zero attached hydrogens (tertiary/aromatic N) is 1. The van der Waals surface area contributed by atoms with Gasteiger partial charge in [0.2, 0.25) is 5.91 Å². The molecule has 1 aromatic carbocycles. The smallest absolute Gasteiger partial charge is 0.393 e. The van der Waals surface area contributed by atoms with Gasteiger partial charge >= 0.3 is 6.18 Å². The number of likely N-dealkylation sites (N-methyl/N-ethyl adjacent to an activating group) is 1. The van der Waals surface area contributed by atoms with E-state index in [0.29, 0.717) is 6.54 Å². The van der Waals surface area contributed by atoms with Gasteiger partial charge in [-0.15, -0.1) is 0 Å². The maximum absolute atomic E-state index is 13.0. The van der Waals surface area contributed by atoms with Crippen LogP contribution in [0.1, 0.15) is 31.7 Å². The number of nitrogens with one attached hydrogen (secondary N) is 1. The minimum atomic E-state index is -4.52. The molecule has 1 fully saturated rings. The molecule has 0 aromatic heterocycles. The van der Waals surface area contributed by atoms with Gasteiger partial charge in [0.25, 0.3) is 0 Å². The SMILES string of the molecule is CC(C(=O)Nc1ccccc1C(F)(F)F)N(C)CC1CCCC1O. The Morgan fingerprint density at radius 3 is 2.62 bits per heavy atom. The summed E-state index contributed by atoms with van der Waals surface area (Å²) in [5.74, 6) is -0.394. The van der Waals surface area contributed by atoms with E-state index in [4.69, 9.17) is 0 Å². The van der Waals surface area contributed by atoms with Crippen molar-refractivity contribution in [2.45, 2.75) is 44.5 Å². The molecule has 0 aliphatic heterocycles. The van der Waals surface area contributed by atoms with Gasteiger partial charge in [0.05, 0.1) is 23.4 Å². The van der Waals surface area contributed by atoms with Gasteiger partial charge in [-0.1, -0.05) is 18.6 Å². The van der Waals surface area contributed by atoms with Gasteiger partial charge in [0.1, 0.15) is 0 Å². The first-order valence-corrected chi connectivity index (χ1v) is 8.05. The molecule has 1 saturated carbocycles. The third-order valence-corrected chi connectivity index (χ3v) is 4.67. The van der Waals surface area contributed by atoms with Crippen molar-refractivity contribution in [3.05, 3.63) is 29.8 Å². The van der Waals surface area contributed by atoms with E-state index in [2.05, 4.69) is 5.32 Å². The molecule has 2 N–H and O–H groups in total. The molecule has 4 nitrogen and oxygen atoms in total. The number of aliphatic hydroxyl groups is 1. The minimum absolute atomic E-state index is 0.104. The highest BCUT2D eigenvalue weighted by Gasteiger charge is 2.34. The summed E-state index contributed by atoms with van der Waals surface area (Å²) in [5.41, 5.74) is -1.10. The number of aliphatic hydroxyl groups excluding tert-OH is 1. The number of hydrogen-bond acceptors (Lipinski definition) is 3. The number of carbonyl (C=O) groups is 1. The molecular weight excluding hydrogens is 321 g/mol. The molecule has 0 bridgehead atoms. The fraction of sp³-hybridized carbons (Fsp3) is 0.588. The topological polar surface area (TPSA) is 52.6 Å². The molecule has 1 aliphatic rings. The van der Waals surface area contributed by atoms with Crippen LogP contribution in [0.25, 0.3) is 0 Å². The summed E-state index contributed by atoms with van der Waals surface area (Å²) < 4.78 is 38.9. The number of rotatable bonds is 5. The minimum Gasteiger partial charge on any atom is -0.393 e. The zero-order valence-electron chi connectivity index (χ0n) is 13.8. The zero-order chi connectivity index (χ0) is 17.9. The predicted octanol–water partition coefficient (Wildman–Crippen LogP) is 3.13. The molecule has 24 heavy (non-hydrogen) atoms. The molecular formula is C17H23F3N2O2. The molecule has 134 valence electrons. The largest absolute Gasteiger partial charge is 0.418 e. The number of para-hydroxylation sites is 1. The van der Waals surface area contributed by atoms with Crippen molar-refractivity contribution < 1.29 is 23.1 Å². The van der Waals surface area contributed by atoms with Crippen LogP contribution in [0.15, 0.2) is 24.3 Å². The summed E-state index contributed by atoms with van der Waals surface area (Å²) in [6, 6.07) is 4.33. The molecule has 1 amide bonds. The van der Waals surface area contributed by atoms with E-state index in [1.54, 1.807) is 18.9 Å². The van der Waals surface area contributed by atoms with Crippen LogP contribution in [0.3, 0.4) is 0 Å². The Balaban J connectivity index is 2.01. The average Bonchev–Trinajstić information content (AvgIpc) is 2.91. The van der Waals surface area contributed by atoms with E-state index in [0.717, 1.165) is 25.3 Å². The van der Waals surface area contributed by atoms with E-state index < -0.39 is 23.7 Å². The lowest BCUT2D eigenvalue weighted by Gasteiger charge is -2.28.